The van der Waals surface area contributed by atoms with Gasteiger partial charge in [-0.2, -0.15) is 0 Å². The number of amides is 1. The van der Waals surface area contributed by atoms with Gasteiger partial charge in [0.05, 0.1) is 25.4 Å². The lowest BCUT2D eigenvalue weighted by atomic mass is 10.1. The number of phosphoric ester groups is 1. The molecule has 1 amide bonds. The molecular formula is C35H67N2O6P. The molecule has 0 saturated carbocycles. The Balaban J connectivity index is 4.34. The molecule has 0 aliphatic carbocycles. The van der Waals surface area contributed by atoms with Crippen LogP contribution in [0.2, 0.25) is 0 Å². The second-order valence-electron chi connectivity index (χ2n) is 11.7. The number of rotatable bonds is 32. The molecule has 0 bridgehead atoms. The van der Waals surface area contributed by atoms with Crippen molar-refractivity contribution in [3.63, 3.8) is 0 Å². The molecule has 0 aromatic heterocycles. The number of hydrogen-bond acceptors (Lipinski definition) is 6. The fourth-order valence-corrected chi connectivity index (χ4v) is 5.51. The third-order valence-corrected chi connectivity index (χ3v) is 8.44. The van der Waals surface area contributed by atoms with E-state index in [2.05, 4.69) is 43.5 Å². The number of hydrogen-bond donors (Lipinski definition) is 4. The minimum Gasteiger partial charge on any atom is -0.387 e. The average molecular weight is 643 g/mol. The molecular weight excluding hydrogens is 575 g/mol. The molecule has 3 unspecified atom stereocenters. The summed E-state index contributed by atoms with van der Waals surface area (Å²) in [6, 6.07) is -0.863. The van der Waals surface area contributed by atoms with Crippen LogP contribution in [-0.2, 0) is 18.4 Å². The first kappa shape index (κ1) is 42.7. The Labute approximate surface area is 269 Å². The summed E-state index contributed by atoms with van der Waals surface area (Å²) in [4.78, 5) is 22.5. The van der Waals surface area contributed by atoms with Gasteiger partial charge in [-0.15, -0.1) is 0 Å². The van der Waals surface area contributed by atoms with Crippen LogP contribution >= 0.6 is 7.82 Å². The summed E-state index contributed by atoms with van der Waals surface area (Å²) >= 11 is 0. The smallest absolute Gasteiger partial charge is 0.387 e. The summed E-state index contributed by atoms with van der Waals surface area (Å²) in [6.45, 7) is 4.04. The van der Waals surface area contributed by atoms with Crippen molar-refractivity contribution >= 4 is 13.7 Å². The van der Waals surface area contributed by atoms with Gasteiger partial charge in [0.2, 0.25) is 5.91 Å². The molecule has 44 heavy (non-hydrogen) atoms. The topological polar surface area (TPSA) is 131 Å². The Morgan fingerprint density at radius 1 is 0.750 bits per heavy atom. The first-order valence-corrected chi connectivity index (χ1v) is 19.1. The molecule has 8 nitrogen and oxygen atoms in total. The van der Waals surface area contributed by atoms with Crippen molar-refractivity contribution < 1.29 is 28.4 Å². The van der Waals surface area contributed by atoms with Crippen LogP contribution in [0.25, 0.3) is 0 Å². The van der Waals surface area contributed by atoms with Crippen LogP contribution in [0.3, 0.4) is 0 Å². The summed E-state index contributed by atoms with van der Waals surface area (Å²) in [7, 11) is -4.33. The van der Waals surface area contributed by atoms with Crippen molar-refractivity contribution in [2.24, 2.45) is 5.73 Å². The summed E-state index contributed by atoms with van der Waals surface area (Å²) in [5.41, 5.74) is 5.33. The highest BCUT2D eigenvalue weighted by molar-refractivity contribution is 7.47. The third-order valence-electron chi connectivity index (χ3n) is 7.46. The van der Waals surface area contributed by atoms with Gasteiger partial charge in [0.25, 0.3) is 0 Å². The normalized spacial score (nSPS) is 14.9. The van der Waals surface area contributed by atoms with Gasteiger partial charge in [0, 0.05) is 13.0 Å². The van der Waals surface area contributed by atoms with E-state index in [0.29, 0.717) is 6.42 Å². The number of aliphatic hydroxyl groups excluding tert-OH is 1. The molecule has 9 heteroatoms. The fourth-order valence-electron chi connectivity index (χ4n) is 4.75. The first-order chi connectivity index (χ1) is 21.4. The van der Waals surface area contributed by atoms with Crippen molar-refractivity contribution in [3.8, 4) is 0 Å². The number of carbonyl (C=O) groups is 1. The van der Waals surface area contributed by atoms with Gasteiger partial charge in [-0.25, -0.2) is 4.57 Å². The fraction of sp³-hybridized carbons (Fsp3) is 0.800. The SMILES string of the molecule is CCCCCC/C=C\C/C=C\CCCCCCCC(=O)NC(COP(=O)(O)OCCN)C(O)/C=C/CCCCCCCCC. The van der Waals surface area contributed by atoms with E-state index in [-0.39, 0.29) is 25.7 Å². The summed E-state index contributed by atoms with van der Waals surface area (Å²) in [5.74, 6) is -0.213. The van der Waals surface area contributed by atoms with Gasteiger partial charge < -0.3 is 21.1 Å². The first-order valence-electron chi connectivity index (χ1n) is 17.6. The molecule has 0 rings (SSSR count). The van der Waals surface area contributed by atoms with Crippen molar-refractivity contribution in [2.45, 2.75) is 161 Å². The van der Waals surface area contributed by atoms with Gasteiger partial charge in [-0.1, -0.05) is 127 Å². The van der Waals surface area contributed by atoms with Crippen LogP contribution < -0.4 is 11.1 Å². The van der Waals surface area contributed by atoms with Crippen LogP contribution in [0.4, 0.5) is 0 Å². The molecule has 5 N–H and O–H groups in total. The lowest BCUT2D eigenvalue weighted by Gasteiger charge is -2.23. The zero-order valence-corrected chi connectivity index (χ0v) is 29.0. The largest absolute Gasteiger partial charge is 0.472 e. The predicted molar refractivity (Wildman–Crippen MR) is 184 cm³/mol. The van der Waals surface area contributed by atoms with E-state index in [1.54, 1.807) is 6.08 Å². The Morgan fingerprint density at radius 2 is 1.25 bits per heavy atom. The molecule has 0 aliphatic heterocycles. The third kappa shape index (κ3) is 29.4. The standard InChI is InChI=1S/C35H67N2O6P/c1-3-5-7-9-11-13-14-15-16-17-18-19-21-23-25-27-29-35(39)37-33(32-43-44(40,41)42-31-30-36)34(38)28-26-24-22-20-12-10-8-6-4-2/h13-14,16-17,26,28,33-34,38H,3-12,15,18-25,27,29-32,36H2,1-2H3,(H,37,39)(H,40,41)/b14-13-,17-16-,28-26+. The molecule has 0 aromatic rings. The molecule has 0 spiro atoms. The molecule has 258 valence electrons. The predicted octanol–water partition coefficient (Wildman–Crippen LogP) is 8.82. The molecule has 0 aromatic carbocycles. The van der Waals surface area contributed by atoms with Crippen molar-refractivity contribution in [3.05, 3.63) is 36.5 Å². The number of nitrogens with two attached hydrogens (primary N) is 1. The minimum atomic E-state index is -4.33. The molecule has 0 aliphatic rings. The van der Waals surface area contributed by atoms with Gasteiger partial charge in [-0.3, -0.25) is 13.8 Å². The van der Waals surface area contributed by atoms with Gasteiger partial charge in [-0.05, 0) is 51.4 Å². The Hall–Kier alpha value is -1.28. The second kappa shape index (κ2) is 31.7. The van der Waals surface area contributed by atoms with Crippen LogP contribution in [0.15, 0.2) is 36.5 Å². The monoisotopic (exact) mass is 642 g/mol. The number of unbranched alkanes of at least 4 members (excludes halogenated alkanes) is 16. The van der Waals surface area contributed by atoms with Gasteiger partial charge in [0.1, 0.15) is 0 Å². The van der Waals surface area contributed by atoms with Crippen molar-refractivity contribution in [2.75, 3.05) is 19.8 Å². The Kier molecular flexibility index (Phi) is 30.8. The lowest BCUT2D eigenvalue weighted by Crippen LogP contribution is -2.45. The molecule has 3 atom stereocenters. The highest BCUT2D eigenvalue weighted by Crippen LogP contribution is 2.43. The molecule has 0 fully saturated rings. The number of carbonyl (C=O) groups excluding carboxylic acids is 1. The number of allylic oxidation sites excluding steroid dienone is 5. The van der Waals surface area contributed by atoms with E-state index in [1.807, 2.05) is 6.08 Å². The van der Waals surface area contributed by atoms with Crippen LogP contribution in [-0.4, -0.2) is 47.8 Å². The van der Waals surface area contributed by atoms with E-state index in [9.17, 15) is 19.4 Å². The van der Waals surface area contributed by atoms with Gasteiger partial charge >= 0.3 is 7.82 Å². The Bertz CT molecular complexity index is 789. The maximum atomic E-state index is 12.6. The minimum absolute atomic E-state index is 0.0750. The van der Waals surface area contributed by atoms with Crippen molar-refractivity contribution in [1.82, 2.24) is 5.32 Å². The second-order valence-corrected chi connectivity index (χ2v) is 13.2. The molecule has 0 heterocycles. The molecule has 0 radical (unpaired) electrons. The van der Waals surface area contributed by atoms with E-state index in [4.69, 9.17) is 14.8 Å². The lowest BCUT2D eigenvalue weighted by molar-refractivity contribution is -0.123. The highest BCUT2D eigenvalue weighted by Gasteiger charge is 2.26. The summed E-state index contributed by atoms with van der Waals surface area (Å²) < 4.78 is 21.9. The summed E-state index contributed by atoms with van der Waals surface area (Å²) in [6.07, 6.45) is 34.7. The van der Waals surface area contributed by atoms with Crippen molar-refractivity contribution in [1.29, 1.82) is 0 Å². The van der Waals surface area contributed by atoms with E-state index in [1.165, 1.54) is 64.2 Å². The number of nitrogens with one attached hydrogen (secondary N) is 1. The average Bonchev–Trinajstić information content (AvgIpc) is 3.01. The summed E-state index contributed by atoms with van der Waals surface area (Å²) in [5, 5.41) is 13.5. The quantitative estimate of drug-likeness (QED) is 0.0328. The number of phosphoric acid groups is 1. The Morgan fingerprint density at radius 3 is 1.82 bits per heavy atom. The molecule has 0 saturated heterocycles. The van der Waals surface area contributed by atoms with Crippen LogP contribution in [0, 0.1) is 0 Å². The van der Waals surface area contributed by atoms with Crippen LogP contribution in [0.5, 0.6) is 0 Å². The maximum absolute atomic E-state index is 12.6. The van der Waals surface area contributed by atoms with E-state index in [0.717, 1.165) is 64.2 Å². The maximum Gasteiger partial charge on any atom is 0.472 e. The zero-order valence-electron chi connectivity index (χ0n) is 28.1. The highest BCUT2D eigenvalue weighted by atomic mass is 31.2. The van der Waals surface area contributed by atoms with E-state index < -0.39 is 20.0 Å². The number of aliphatic hydroxyl groups is 1. The van der Waals surface area contributed by atoms with Gasteiger partial charge in [0.15, 0.2) is 0 Å². The zero-order chi connectivity index (χ0) is 32.6. The van der Waals surface area contributed by atoms with Crippen LogP contribution in [0.1, 0.15) is 149 Å². The van der Waals surface area contributed by atoms with E-state index >= 15 is 0 Å².